The summed E-state index contributed by atoms with van der Waals surface area (Å²) in [4.78, 5) is 13.6. The van der Waals surface area contributed by atoms with Crippen LogP contribution in [0, 0.1) is 24.4 Å². The predicted octanol–water partition coefficient (Wildman–Crippen LogP) is 5.96. The molecule has 0 N–H and O–H groups in total. The van der Waals surface area contributed by atoms with Crippen LogP contribution in [0.3, 0.4) is 0 Å². The third-order valence-corrected chi connectivity index (χ3v) is 6.20. The monoisotopic (exact) mass is 423 g/mol. The lowest BCUT2D eigenvalue weighted by molar-refractivity contribution is 0.104. The molecule has 1 aliphatic heterocycles. The molecule has 156 valence electrons. The normalized spacial score (nSPS) is 16.3. The largest absolute Gasteiger partial charge is 0.378 e. The van der Waals surface area contributed by atoms with E-state index in [0.717, 1.165) is 19.4 Å². The molecule has 0 bridgehead atoms. The van der Waals surface area contributed by atoms with Gasteiger partial charge < -0.3 is 9.64 Å². The summed E-state index contributed by atoms with van der Waals surface area (Å²) in [5, 5.41) is -0.394. The van der Waals surface area contributed by atoms with E-state index in [2.05, 4.69) is 0 Å². The SMILES string of the molecule is Cc1ccc(-c2ccc(CCC3CCCO3)c(F)c2SC(=O)N(C)C)c(F)c1F. The van der Waals surface area contributed by atoms with E-state index in [1.807, 2.05) is 0 Å². The Morgan fingerprint density at radius 3 is 2.48 bits per heavy atom. The van der Waals surface area contributed by atoms with Crippen molar-refractivity contribution in [2.24, 2.45) is 0 Å². The minimum Gasteiger partial charge on any atom is -0.378 e. The second-order valence-electron chi connectivity index (χ2n) is 7.41. The van der Waals surface area contributed by atoms with E-state index in [0.29, 0.717) is 30.2 Å². The molecule has 7 heteroatoms. The minimum absolute atomic E-state index is 0.00990. The lowest BCUT2D eigenvalue weighted by Gasteiger charge is -2.17. The van der Waals surface area contributed by atoms with Gasteiger partial charge in [0.05, 0.1) is 11.0 Å². The number of aryl methyl sites for hydroxylation is 2. The Kier molecular flexibility index (Phi) is 6.90. The van der Waals surface area contributed by atoms with Crippen LogP contribution < -0.4 is 0 Å². The maximum atomic E-state index is 15.4. The summed E-state index contributed by atoms with van der Waals surface area (Å²) in [5.74, 6) is -2.59. The molecule has 1 unspecified atom stereocenters. The molecular formula is C22H24F3NO2S. The highest BCUT2D eigenvalue weighted by molar-refractivity contribution is 8.13. The summed E-state index contributed by atoms with van der Waals surface area (Å²) in [6, 6.07) is 6.01. The van der Waals surface area contributed by atoms with Crippen molar-refractivity contribution < 1.29 is 22.7 Å². The average Bonchev–Trinajstić information content (AvgIpc) is 3.21. The number of ether oxygens (including phenoxy) is 1. The molecule has 1 saturated heterocycles. The second-order valence-corrected chi connectivity index (χ2v) is 8.37. The quantitative estimate of drug-likeness (QED) is 0.556. The van der Waals surface area contributed by atoms with E-state index in [1.54, 1.807) is 26.2 Å². The molecule has 1 heterocycles. The Morgan fingerprint density at radius 2 is 1.83 bits per heavy atom. The van der Waals surface area contributed by atoms with Crippen LogP contribution in [0.25, 0.3) is 11.1 Å². The summed E-state index contributed by atoms with van der Waals surface area (Å²) >= 11 is 0.682. The van der Waals surface area contributed by atoms with Crippen molar-refractivity contribution in [1.82, 2.24) is 4.90 Å². The number of carbonyl (C=O) groups is 1. The maximum Gasteiger partial charge on any atom is 0.286 e. The van der Waals surface area contributed by atoms with Gasteiger partial charge in [-0.25, -0.2) is 13.2 Å². The van der Waals surface area contributed by atoms with Gasteiger partial charge in [-0.1, -0.05) is 24.3 Å². The van der Waals surface area contributed by atoms with Crippen LogP contribution in [0.2, 0.25) is 0 Å². The molecule has 1 atom stereocenters. The highest BCUT2D eigenvalue weighted by atomic mass is 32.2. The molecule has 3 nitrogen and oxygen atoms in total. The first kappa shape index (κ1) is 21.7. The zero-order valence-corrected chi connectivity index (χ0v) is 17.5. The standard InChI is InChI=1S/C22H24F3NO2S/c1-13-6-10-16(20(25)18(13)23)17-11-8-14(7-9-15-5-4-12-28-15)19(24)21(17)29-22(27)26(2)3/h6,8,10-11,15H,4-5,7,9,12H2,1-3H3. The number of halogens is 3. The van der Waals surface area contributed by atoms with E-state index in [4.69, 9.17) is 4.74 Å². The number of thioether (sulfide) groups is 1. The molecule has 0 aliphatic carbocycles. The molecule has 0 spiro atoms. The molecule has 1 amide bonds. The number of hydrogen-bond donors (Lipinski definition) is 0. The highest BCUT2D eigenvalue weighted by Gasteiger charge is 2.24. The molecular weight excluding hydrogens is 399 g/mol. The van der Waals surface area contributed by atoms with Crippen LogP contribution >= 0.6 is 11.8 Å². The van der Waals surface area contributed by atoms with Crippen LogP contribution in [0.4, 0.5) is 18.0 Å². The van der Waals surface area contributed by atoms with Crippen molar-refractivity contribution >= 4 is 17.0 Å². The van der Waals surface area contributed by atoms with Gasteiger partial charge in [0.25, 0.3) is 5.24 Å². The number of nitrogens with zero attached hydrogens (tertiary/aromatic N) is 1. The Morgan fingerprint density at radius 1 is 1.10 bits per heavy atom. The van der Waals surface area contributed by atoms with Crippen LogP contribution in [-0.2, 0) is 11.2 Å². The first-order chi connectivity index (χ1) is 13.8. The Hall–Kier alpha value is -1.99. The zero-order chi connectivity index (χ0) is 21.1. The van der Waals surface area contributed by atoms with E-state index in [9.17, 15) is 13.6 Å². The maximum absolute atomic E-state index is 15.4. The van der Waals surface area contributed by atoms with Gasteiger partial charge in [-0.3, -0.25) is 4.79 Å². The molecule has 3 rings (SSSR count). The molecule has 0 aromatic heterocycles. The fourth-order valence-corrected chi connectivity index (χ4v) is 4.19. The predicted molar refractivity (Wildman–Crippen MR) is 109 cm³/mol. The third kappa shape index (κ3) is 4.78. The highest BCUT2D eigenvalue weighted by Crippen LogP contribution is 2.38. The van der Waals surface area contributed by atoms with Crippen molar-refractivity contribution in [2.75, 3.05) is 20.7 Å². The Balaban J connectivity index is 2.02. The molecule has 1 fully saturated rings. The number of amides is 1. The Labute approximate surface area is 173 Å². The molecule has 1 aliphatic rings. The molecule has 0 saturated carbocycles. The molecule has 2 aromatic rings. The summed E-state index contributed by atoms with van der Waals surface area (Å²) < 4.78 is 49.7. The molecule has 2 aromatic carbocycles. The summed E-state index contributed by atoms with van der Waals surface area (Å²) in [7, 11) is 3.11. The first-order valence-corrected chi connectivity index (χ1v) is 10.4. The van der Waals surface area contributed by atoms with Crippen LogP contribution in [0.15, 0.2) is 29.2 Å². The van der Waals surface area contributed by atoms with E-state index in [-0.39, 0.29) is 27.7 Å². The number of hydrogen-bond acceptors (Lipinski definition) is 3. The smallest absolute Gasteiger partial charge is 0.286 e. The van der Waals surface area contributed by atoms with Crippen molar-refractivity contribution in [3.05, 3.63) is 52.8 Å². The number of carbonyl (C=O) groups excluding carboxylic acids is 1. The molecule has 0 radical (unpaired) electrons. The van der Waals surface area contributed by atoms with Gasteiger partial charge in [0.15, 0.2) is 11.6 Å². The lowest BCUT2D eigenvalue weighted by atomic mass is 9.98. The average molecular weight is 424 g/mol. The summed E-state index contributed by atoms with van der Waals surface area (Å²) in [6.07, 6.45) is 3.19. The van der Waals surface area contributed by atoms with Crippen LogP contribution in [0.5, 0.6) is 0 Å². The van der Waals surface area contributed by atoms with Crippen molar-refractivity contribution in [3.63, 3.8) is 0 Å². The van der Waals surface area contributed by atoms with Crippen LogP contribution in [-0.4, -0.2) is 36.9 Å². The van der Waals surface area contributed by atoms with E-state index in [1.165, 1.54) is 24.0 Å². The summed E-state index contributed by atoms with van der Waals surface area (Å²) in [6.45, 7) is 2.19. The topological polar surface area (TPSA) is 29.5 Å². The number of rotatable bonds is 5. The van der Waals surface area contributed by atoms with Gasteiger partial charge in [-0.05, 0) is 55.5 Å². The van der Waals surface area contributed by atoms with E-state index < -0.39 is 22.7 Å². The molecule has 29 heavy (non-hydrogen) atoms. The second kappa shape index (κ2) is 9.22. The van der Waals surface area contributed by atoms with Crippen LogP contribution in [0.1, 0.15) is 30.4 Å². The number of benzene rings is 2. The van der Waals surface area contributed by atoms with Gasteiger partial charge >= 0.3 is 0 Å². The summed E-state index contributed by atoms with van der Waals surface area (Å²) in [5.41, 5.74) is 0.705. The lowest BCUT2D eigenvalue weighted by Crippen LogP contribution is -2.16. The zero-order valence-electron chi connectivity index (χ0n) is 16.7. The first-order valence-electron chi connectivity index (χ1n) is 9.56. The fourth-order valence-electron chi connectivity index (χ4n) is 3.32. The minimum atomic E-state index is -1.05. The third-order valence-electron chi connectivity index (χ3n) is 5.06. The van der Waals surface area contributed by atoms with Crippen molar-refractivity contribution in [1.29, 1.82) is 0 Å². The van der Waals surface area contributed by atoms with Gasteiger partial charge in [0.2, 0.25) is 0 Å². The van der Waals surface area contributed by atoms with E-state index >= 15 is 4.39 Å². The van der Waals surface area contributed by atoms with Crippen molar-refractivity contribution in [3.8, 4) is 11.1 Å². The Bertz CT molecular complexity index is 911. The van der Waals surface area contributed by atoms with Gasteiger partial charge in [-0.2, -0.15) is 0 Å². The van der Waals surface area contributed by atoms with Crippen molar-refractivity contribution in [2.45, 2.75) is 43.6 Å². The van der Waals surface area contributed by atoms with Gasteiger partial charge in [-0.15, -0.1) is 0 Å². The van der Waals surface area contributed by atoms with Gasteiger partial charge in [0.1, 0.15) is 5.82 Å². The fraction of sp³-hybridized carbons (Fsp3) is 0.409. The van der Waals surface area contributed by atoms with Gasteiger partial charge in [0, 0.05) is 31.8 Å².